The number of carbonyl (C=O) groups is 1. The topological polar surface area (TPSA) is 66.5 Å². The van der Waals surface area contributed by atoms with Gasteiger partial charge in [-0.05, 0) is 24.1 Å². The fourth-order valence-electron chi connectivity index (χ4n) is 2.13. The molecule has 1 aromatic rings. The summed E-state index contributed by atoms with van der Waals surface area (Å²) in [7, 11) is -1.87. The number of nitrogens with zero attached hydrogens (tertiary/aromatic N) is 1. The highest BCUT2D eigenvalue weighted by atomic mass is 32.2. The van der Waals surface area contributed by atoms with Crippen molar-refractivity contribution in [2.45, 2.75) is 30.7 Å². The highest BCUT2D eigenvalue weighted by Crippen LogP contribution is 2.15. The molecule has 1 aliphatic rings. The van der Waals surface area contributed by atoms with E-state index in [1.807, 2.05) is 6.92 Å². The molecule has 1 unspecified atom stereocenters. The smallest absolute Gasteiger partial charge is 0.240 e. The molecule has 0 aromatic heterocycles. The number of benzene rings is 1. The van der Waals surface area contributed by atoms with Gasteiger partial charge in [-0.3, -0.25) is 4.79 Å². The Morgan fingerprint density at radius 3 is 2.42 bits per heavy atom. The van der Waals surface area contributed by atoms with E-state index in [-0.39, 0.29) is 23.3 Å². The molecule has 1 fully saturated rings. The van der Waals surface area contributed by atoms with Gasteiger partial charge in [0.15, 0.2) is 0 Å². The second kappa shape index (κ2) is 5.30. The van der Waals surface area contributed by atoms with Crippen molar-refractivity contribution >= 4 is 15.9 Å². The van der Waals surface area contributed by atoms with Crippen LogP contribution in [-0.2, 0) is 21.2 Å². The Bertz CT molecular complexity index is 566. The van der Waals surface area contributed by atoms with E-state index in [4.69, 9.17) is 0 Å². The van der Waals surface area contributed by atoms with E-state index in [1.54, 1.807) is 31.3 Å². The van der Waals surface area contributed by atoms with Crippen molar-refractivity contribution in [2.24, 2.45) is 0 Å². The van der Waals surface area contributed by atoms with Crippen LogP contribution in [0.5, 0.6) is 0 Å². The first-order chi connectivity index (χ1) is 8.92. The van der Waals surface area contributed by atoms with Crippen LogP contribution >= 0.6 is 0 Å². The number of aryl methyl sites for hydroxylation is 1. The molecule has 1 saturated heterocycles. The fraction of sp³-hybridized carbons (Fsp3) is 0.462. The standard InChI is InChI=1S/C13H18N2O3S/c1-3-10-4-6-12(7-5-10)19(17,18)14-11-8-13(16)15(2)9-11/h4-7,11,14H,3,8-9H2,1-2H3. The summed E-state index contributed by atoms with van der Waals surface area (Å²) in [5.41, 5.74) is 1.09. The minimum Gasteiger partial charge on any atom is -0.344 e. The van der Waals surface area contributed by atoms with Crippen LogP contribution in [0.15, 0.2) is 29.2 Å². The molecule has 0 aliphatic carbocycles. The first-order valence-electron chi connectivity index (χ1n) is 6.27. The largest absolute Gasteiger partial charge is 0.344 e. The Morgan fingerprint density at radius 1 is 1.32 bits per heavy atom. The summed E-state index contributed by atoms with van der Waals surface area (Å²) in [6, 6.07) is 6.47. The molecule has 2 rings (SSSR count). The van der Waals surface area contributed by atoms with Crippen LogP contribution in [0.3, 0.4) is 0 Å². The number of rotatable bonds is 4. The summed E-state index contributed by atoms with van der Waals surface area (Å²) >= 11 is 0. The van der Waals surface area contributed by atoms with Crippen LogP contribution < -0.4 is 4.72 Å². The SMILES string of the molecule is CCc1ccc(S(=O)(=O)NC2CC(=O)N(C)C2)cc1. The van der Waals surface area contributed by atoms with Gasteiger partial charge in [0.1, 0.15) is 0 Å². The summed E-state index contributed by atoms with van der Waals surface area (Å²) < 4.78 is 26.9. The summed E-state index contributed by atoms with van der Waals surface area (Å²) in [4.78, 5) is 13.2. The van der Waals surface area contributed by atoms with Crippen molar-refractivity contribution in [1.82, 2.24) is 9.62 Å². The fourth-order valence-corrected chi connectivity index (χ4v) is 3.36. The van der Waals surface area contributed by atoms with Crippen molar-refractivity contribution in [3.05, 3.63) is 29.8 Å². The predicted molar refractivity (Wildman–Crippen MR) is 72.2 cm³/mol. The first kappa shape index (κ1) is 14.0. The first-order valence-corrected chi connectivity index (χ1v) is 7.76. The zero-order chi connectivity index (χ0) is 14.0. The highest BCUT2D eigenvalue weighted by molar-refractivity contribution is 7.89. The van der Waals surface area contributed by atoms with Crippen LogP contribution in [0.2, 0.25) is 0 Å². The van der Waals surface area contributed by atoms with E-state index in [1.165, 1.54) is 4.90 Å². The number of likely N-dealkylation sites (N-methyl/N-ethyl adjacent to an activating group) is 1. The second-order valence-corrected chi connectivity index (χ2v) is 6.51. The predicted octanol–water partition coefficient (Wildman–Crippen LogP) is 0.758. The summed E-state index contributed by atoms with van der Waals surface area (Å²) in [5.74, 6) is -0.0333. The summed E-state index contributed by atoms with van der Waals surface area (Å²) in [6.07, 6.45) is 1.10. The van der Waals surface area contributed by atoms with Gasteiger partial charge in [0.05, 0.1) is 4.90 Å². The number of nitrogens with one attached hydrogen (secondary N) is 1. The van der Waals surface area contributed by atoms with Gasteiger partial charge in [-0.15, -0.1) is 0 Å². The molecule has 1 amide bonds. The van der Waals surface area contributed by atoms with Crippen molar-refractivity contribution in [3.8, 4) is 0 Å². The molecule has 0 bridgehead atoms. The van der Waals surface area contributed by atoms with Gasteiger partial charge < -0.3 is 4.90 Å². The number of carbonyl (C=O) groups excluding carboxylic acids is 1. The van der Waals surface area contributed by atoms with Gasteiger partial charge >= 0.3 is 0 Å². The van der Waals surface area contributed by atoms with E-state index in [2.05, 4.69) is 4.72 Å². The van der Waals surface area contributed by atoms with E-state index < -0.39 is 10.0 Å². The molecule has 0 spiro atoms. The molecular formula is C13H18N2O3S. The van der Waals surface area contributed by atoms with Gasteiger partial charge in [-0.1, -0.05) is 19.1 Å². The molecule has 19 heavy (non-hydrogen) atoms. The zero-order valence-corrected chi connectivity index (χ0v) is 11.9. The van der Waals surface area contributed by atoms with Crippen LogP contribution in [0.1, 0.15) is 18.9 Å². The number of sulfonamides is 1. The highest BCUT2D eigenvalue weighted by Gasteiger charge is 2.30. The second-order valence-electron chi connectivity index (χ2n) is 4.79. The normalized spacial score (nSPS) is 20.0. The lowest BCUT2D eigenvalue weighted by molar-refractivity contribution is -0.126. The number of hydrogen-bond donors (Lipinski definition) is 1. The number of likely N-dealkylation sites (tertiary alicyclic amines) is 1. The lowest BCUT2D eigenvalue weighted by Crippen LogP contribution is -2.36. The van der Waals surface area contributed by atoms with Crippen LogP contribution in [0.4, 0.5) is 0 Å². The van der Waals surface area contributed by atoms with Gasteiger partial charge in [0, 0.05) is 26.1 Å². The minimum atomic E-state index is -3.54. The number of hydrogen-bond acceptors (Lipinski definition) is 3. The van der Waals surface area contributed by atoms with E-state index in [0.717, 1.165) is 12.0 Å². The maximum absolute atomic E-state index is 12.2. The van der Waals surface area contributed by atoms with Crippen molar-refractivity contribution in [3.63, 3.8) is 0 Å². The molecular weight excluding hydrogens is 264 g/mol. The van der Waals surface area contributed by atoms with Crippen LogP contribution in [0.25, 0.3) is 0 Å². The molecule has 104 valence electrons. The van der Waals surface area contributed by atoms with Crippen molar-refractivity contribution in [2.75, 3.05) is 13.6 Å². The third-order valence-electron chi connectivity index (χ3n) is 3.30. The Balaban J connectivity index is 2.12. The Labute approximate surface area is 113 Å². The summed E-state index contributed by atoms with van der Waals surface area (Å²) in [6.45, 7) is 2.44. The molecule has 0 radical (unpaired) electrons. The summed E-state index contributed by atoms with van der Waals surface area (Å²) in [5, 5.41) is 0. The van der Waals surface area contributed by atoms with Gasteiger partial charge in [0.2, 0.25) is 15.9 Å². The maximum atomic E-state index is 12.2. The molecule has 6 heteroatoms. The Kier molecular flexibility index (Phi) is 3.91. The molecule has 0 saturated carbocycles. The van der Waals surface area contributed by atoms with Crippen LogP contribution in [-0.4, -0.2) is 38.9 Å². The lowest BCUT2D eigenvalue weighted by atomic mass is 10.2. The molecule has 1 aliphatic heterocycles. The quantitative estimate of drug-likeness (QED) is 0.886. The molecule has 5 nitrogen and oxygen atoms in total. The van der Waals surface area contributed by atoms with Gasteiger partial charge in [0.25, 0.3) is 0 Å². The van der Waals surface area contributed by atoms with E-state index in [9.17, 15) is 13.2 Å². The Morgan fingerprint density at radius 2 is 1.95 bits per heavy atom. The zero-order valence-electron chi connectivity index (χ0n) is 11.1. The minimum absolute atomic E-state index is 0.0333. The van der Waals surface area contributed by atoms with E-state index in [0.29, 0.717) is 6.54 Å². The molecule has 1 heterocycles. The monoisotopic (exact) mass is 282 g/mol. The average molecular weight is 282 g/mol. The molecule has 1 aromatic carbocycles. The van der Waals surface area contributed by atoms with Crippen molar-refractivity contribution in [1.29, 1.82) is 0 Å². The van der Waals surface area contributed by atoms with Crippen LogP contribution in [0, 0.1) is 0 Å². The lowest BCUT2D eigenvalue weighted by Gasteiger charge is -2.13. The third-order valence-corrected chi connectivity index (χ3v) is 4.84. The van der Waals surface area contributed by atoms with Crippen molar-refractivity contribution < 1.29 is 13.2 Å². The average Bonchev–Trinajstić information content (AvgIpc) is 2.67. The number of amides is 1. The maximum Gasteiger partial charge on any atom is 0.240 e. The third kappa shape index (κ3) is 3.13. The Hall–Kier alpha value is -1.40. The van der Waals surface area contributed by atoms with Gasteiger partial charge in [-0.2, -0.15) is 0 Å². The van der Waals surface area contributed by atoms with E-state index >= 15 is 0 Å². The van der Waals surface area contributed by atoms with Gasteiger partial charge in [-0.25, -0.2) is 13.1 Å². The molecule has 1 atom stereocenters. The molecule has 1 N–H and O–H groups in total.